The third-order valence-electron chi connectivity index (χ3n) is 5.29. The first kappa shape index (κ1) is 15.4. The summed E-state index contributed by atoms with van der Waals surface area (Å²) in [7, 11) is 0. The molecule has 2 aliphatic heterocycles. The quantitative estimate of drug-likeness (QED) is 0.634. The lowest BCUT2D eigenvalue weighted by molar-refractivity contribution is -0.129. The van der Waals surface area contributed by atoms with Crippen molar-refractivity contribution in [2.45, 2.75) is 44.9 Å². The number of hydrogen-bond acceptors (Lipinski definition) is 2. The normalized spacial score (nSPS) is 27.7. The molecule has 3 nitrogen and oxygen atoms in total. The predicted molar refractivity (Wildman–Crippen MR) is 95.1 cm³/mol. The zero-order valence-corrected chi connectivity index (χ0v) is 14.4. The van der Waals surface area contributed by atoms with Crippen LogP contribution in [0.2, 0.25) is 0 Å². The minimum atomic E-state index is -0.119. The number of para-hydroxylation sites is 1. The van der Waals surface area contributed by atoms with Gasteiger partial charge in [0.25, 0.3) is 0 Å². The van der Waals surface area contributed by atoms with Crippen LogP contribution in [0.25, 0.3) is 0 Å². The summed E-state index contributed by atoms with van der Waals surface area (Å²) in [6.07, 6.45) is 0.964. The van der Waals surface area contributed by atoms with E-state index in [0.717, 1.165) is 12.1 Å². The van der Waals surface area contributed by atoms with Crippen molar-refractivity contribution >= 4 is 11.6 Å². The number of carbonyl (C=O) groups is 1. The van der Waals surface area contributed by atoms with E-state index in [1.807, 2.05) is 30.0 Å². The molecule has 2 aliphatic rings. The van der Waals surface area contributed by atoms with Gasteiger partial charge in [-0.05, 0) is 37.5 Å². The minimum absolute atomic E-state index is 0.0292. The molecule has 3 atom stereocenters. The summed E-state index contributed by atoms with van der Waals surface area (Å²) in [6, 6.07) is 18.8. The molecule has 1 amide bonds. The van der Waals surface area contributed by atoms with Crippen molar-refractivity contribution in [2.24, 2.45) is 5.92 Å². The van der Waals surface area contributed by atoms with E-state index < -0.39 is 0 Å². The zero-order chi connectivity index (χ0) is 16.9. The summed E-state index contributed by atoms with van der Waals surface area (Å²) < 4.78 is 5.84. The van der Waals surface area contributed by atoms with Crippen LogP contribution in [0.15, 0.2) is 54.6 Å². The number of benzene rings is 2. The van der Waals surface area contributed by atoms with E-state index in [2.05, 4.69) is 50.2 Å². The molecule has 3 heteroatoms. The van der Waals surface area contributed by atoms with Crippen molar-refractivity contribution in [3.05, 3.63) is 65.7 Å². The Kier molecular flexibility index (Phi) is 3.50. The molecule has 4 rings (SSSR count). The molecule has 0 N–H and O–H groups in total. The fraction of sp³-hybridized carbons (Fsp3) is 0.381. The van der Waals surface area contributed by atoms with Crippen molar-refractivity contribution in [3.63, 3.8) is 0 Å². The molecule has 0 radical (unpaired) electrons. The number of amides is 1. The lowest BCUT2D eigenvalue weighted by atomic mass is 9.82. The third kappa shape index (κ3) is 2.44. The molecule has 0 bridgehead atoms. The molecule has 0 aromatic heterocycles. The summed E-state index contributed by atoms with van der Waals surface area (Å²) >= 11 is 0. The monoisotopic (exact) mass is 321 g/mol. The second kappa shape index (κ2) is 5.45. The molecular formula is C21H23NO2. The Balaban J connectivity index is 1.65. The lowest BCUT2D eigenvalue weighted by Gasteiger charge is -2.46. The Morgan fingerprint density at radius 3 is 2.33 bits per heavy atom. The van der Waals surface area contributed by atoms with Crippen molar-refractivity contribution < 1.29 is 9.53 Å². The van der Waals surface area contributed by atoms with Gasteiger partial charge in [0.15, 0.2) is 0 Å². The van der Waals surface area contributed by atoms with Gasteiger partial charge in [-0.3, -0.25) is 4.79 Å². The van der Waals surface area contributed by atoms with Crippen LogP contribution in [0.4, 0.5) is 5.69 Å². The molecule has 124 valence electrons. The van der Waals surface area contributed by atoms with Gasteiger partial charge < -0.3 is 9.64 Å². The van der Waals surface area contributed by atoms with Gasteiger partial charge >= 0.3 is 0 Å². The number of β-lactam (4-membered cyclic amide) rings is 1. The highest BCUT2D eigenvalue weighted by atomic mass is 16.6. The van der Waals surface area contributed by atoms with Crippen LogP contribution < -0.4 is 4.90 Å². The number of ether oxygens (including phenoxy) is 1. The van der Waals surface area contributed by atoms with Crippen LogP contribution in [-0.2, 0) is 16.0 Å². The zero-order valence-electron chi connectivity index (χ0n) is 14.4. The van der Waals surface area contributed by atoms with Gasteiger partial charge in [0.05, 0.1) is 17.6 Å². The minimum Gasteiger partial charge on any atom is -0.364 e. The fourth-order valence-corrected chi connectivity index (χ4v) is 3.82. The fourth-order valence-electron chi connectivity index (χ4n) is 3.82. The molecule has 0 aliphatic carbocycles. The Labute approximate surface area is 143 Å². The van der Waals surface area contributed by atoms with Gasteiger partial charge in [-0.2, -0.15) is 0 Å². The highest BCUT2D eigenvalue weighted by Crippen LogP contribution is 2.48. The standard InChI is InChI=1S/C21H23NO2/c1-14-18(19-21(2,3)24-19)22(20(14)23)17-12-8-7-11-16(17)13-15-9-5-4-6-10-15/h4-12,14,18-19H,13H2,1-3H3. The van der Waals surface area contributed by atoms with Crippen molar-refractivity contribution in [1.29, 1.82) is 0 Å². The molecule has 2 saturated heterocycles. The van der Waals surface area contributed by atoms with Gasteiger partial charge in [-0.15, -0.1) is 0 Å². The van der Waals surface area contributed by atoms with Crippen LogP contribution in [0.3, 0.4) is 0 Å². The maximum atomic E-state index is 12.6. The number of carbonyl (C=O) groups excluding carboxylic acids is 1. The van der Waals surface area contributed by atoms with E-state index in [1.54, 1.807) is 0 Å². The van der Waals surface area contributed by atoms with Crippen molar-refractivity contribution in [3.8, 4) is 0 Å². The average molecular weight is 321 g/mol. The van der Waals surface area contributed by atoms with E-state index >= 15 is 0 Å². The maximum absolute atomic E-state index is 12.6. The molecule has 24 heavy (non-hydrogen) atoms. The topological polar surface area (TPSA) is 32.8 Å². The summed E-state index contributed by atoms with van der Waals surface area (Å²) in [6.45, 7) is 6.21. The van der Waals surface area contributed by atoms with Gasteiger partial charge in [-0.1, -0.05) is 55.5 Å². The predicted octanol–water partition coefficient (Wildman–Crippen LogP) is 3.81. The molecule has 0 saturated carbocycles. The molecule has 2 heterocycles. The number of hydrogen-bond donors (Lipinski definition) is 0. The Morgan fingerprint density at radius 2 is 1.67 bits per heavy atom. The molecule has 2 aromatic carbocycles. The van der Waals surface area contributed by atoms with Gasteiger partial charge in [0.2, 0.25) is 5.91 Å². The molecule has 2 aromatic rings. The van der Waals surface area contributed by atoms with Crippen LogP contribution in [-0.4, -0.2) is 23.7 Å². The Bertz CT molecular complexity index is 768. The van der Waals surface area contributed by atoms with Gasteiger partial charge in [-0.25, -0.2) is 0 Å². The van der Waals surface area contributed by atoms with Gasteiger partial charge in [0, 0.05) is 5.69 Å². The summed E-state index contributed by atoms with van der Waals surface area (Å²) in [5, 5.41) is 0. The molecular weight excluding hydrogens is 298 g/mol. The van der Waals surface area contributed by atoms with Crippen molar-refractivity contribution in [1.82, 2.24) is 0 Å². The highest BCUT2D eigenvalue weighted by Gasteiger charge is 2.62. The van der Waals surface area contributed by atoms with Gasteiger partial charge in [0.1, 0.15) is 6.10 Å². The van der Waals surface area contributed by atoms with Crippen LogP contribution >= 0.6 is 0 Å². The summed E-state index contributed by atoms with van der Waals surface area (Å²) in [5.74, 6) is 0.230. The SMILES string of the molecule is CC1C(=O)N(c2ccccc2Cc2ccccc2)C1C1OC1(C)C. The second-order valence-corrected chi connectivity index (χ2v) is 7.42. The van der Waals surface area contributed by atoms with E-state index in [-0.39, 0.29) is 29.6 Å². The second-order valence-electron chi connectivity index (χ2n) is 7.42. The van der Waals surface area contributed by atoms with Crippen LogP contribution in [0, 0.1) is 5.92 Å². The highest BCUT2D eigenvalue weighted by molar-refractivity contribution is 6.03. The molecule has 2 fully saturated rings. The first-order valence-corrected chi connectivity index (χ1v) is 8.62. The van der Waals surface area contributed by atoms with E-state index in [4.69, 9.17) is 4.74 Å². The van der Waals surface area contributed by atoms with E-state index in [0.29, 0.717) is 0 Å². The third-order valence-corrected chi connectivity index (χ3v) is 5.29. The molecule has 3 unspecified atom stereocenters. The average Bonchev–Trinajstić information content (AvgIpc) is 3.20. The number of anilines is 1. The van der Waals surface area contributed by atoms with Crippen LogP contribution in [0.5, 0.6) is 0 Å². The molecule has 0 spiro atoms. The van der Waals surface area contributed by atoms with E-state index in [9.17, 15) is 4.79 Å². The number of epoxide rings is 1. The first-order valence-electron chi connectivity index (χ1n) is 8.62. The van der Waals surface area contributed by atoms with Crippen LogP contribution in [0.1, 0.15) is 31.9 Å². The largest absolute Gasteiger partial charge is 0.364 e. The smallest absolute Gasteiger partial charge is 0.232 e. The number of nitrogens with zero attached hydrogens (tertiary/aromatic N) is 1. The Hall–Kier alpha value is -2.13. The summed E-state index contributed by atoms with van der Waals surface area (Å²) in [5.41, 5.74) is 3.35. The van der Waals surface area contributed by atoms with Crippen molar-refractivity contribution in [2.75, 3.05) is 4.90 Å². The first-order chi connectivity index (χ1) is 11.5. The summed E-state index contributed by atoms with van der Waals surface area (Å²) in [4.78, 5) is 14.6. The Morgan fingerprint density at radius 1 is 1.04 bits per heavy atom. The van der Waals surface area contributed by atoms with E-state index in [1.165, 1.54) is 11.1 Å². The maximum Gasteiger partial charge on any atom is 0.232 e. The number of rotatable bonds is 4. The lowest BCUT2D eigenvalue weighted by Crippen LogP contribution is -2.63.